The largest absolute Gasteiger partial charge is 0.370 e. The van der Waals surface area contributed by atoms with E-state index in [1.165, 1.54) is 0 Å². The van der Waals surface area contributed by atoms with Crippen LogP contribution < -0.4 is 5.73 Å². The van der Waals surface area contributed by atoms with Crippen molar-refractivity contribution in [1.82, 2.24) is 4.90 Å². The molecule has 1 amide bonds. The molecule has 20 heavy (non-hydrogen) atoms. The molecule has 0 unspecified atom stereocenters. The highest BCUT2D eigenvalue weighted by atomic mass is 35.5. The Kier molecular flexibility index (Phi) is 5.83. The van der Waals surface area contributed by atoms with Gasteiger partial charge >= 0.3 is 0 Å². The Balaban J connectivity index is 1.91. The van der Waals surface area contributed by atoms with Gasteiger partial charge in [-0.15, -0.1) is 0 Å². The summed E-state index contributed by atoms with van der Waals surface area (Å²) in [4.78, 5) is 14.0. The molecule has 1 aliphatic rings. The zero-order chi connectivity index (χ0) is 14.4. The first-order valence-corrected chi connectivity index (χ1v) is 7.43. The van der Waals surface area contributed by atoms with E-state index in [9.17, 15) is 4.79 Å². The predicted molar refractivity (Wildman–Crippen MR) is 79.6 cm³/mol. The van der Waals surface area contributed by atoms with Crippen LogP contribution in [0.4, 0.5) is 0 Å². The maximum atomic E-state index is 12.1. The number of hydrogen-bond acceptors (Lipinski definition) is 3. The van der Waals surface area contributed by atoms with Crippen LogP contribution in [0.2, 0.25) is 5.02 Å². The fourth-order valence-corrected chi connectivity index (χ4v) is 2.46. The zero-order valence-corrected chi connectivity index (χ0v) is 12.3. The van der Waals surface area contributed by atoms with Crippen LogP contribution in [-0.2, 0) is 9.53 Å². The van der Waals surface area contributed by atoms with Gasteiger partial charge in [-0.2, -0.15) is 0 Å². The number of carbonyl (C=O) groups excluding carboxylic acids is 1. The normalized spacial score (nSPS) is 19.1. The molecular weight excluding hydrogens is 276 g/mol. The van der Waals surface area contributed by atoms with E-state index in [1.54, 1.807) is 0 Å². The van der Waals surface area contributed by atoms with Gasteiger partial charge in [-0.05, 0) is 37.1 Å². The van der Waals surface area contributed by atoms with Crippen LogP contribution in [0, 0.1) is 0 Å². The number of halogens is 1. The summed E-state index contributed by atoms with van der Waals surface area (Å²) in [5, 5.41) is 0.708. The first-order valence-electron chi connectivity index (χ1n) is 7.05. The molecule has 1 fully saturated rings. The van der Waals surface area contributed by atoms with E-state index >= 15 is 0 Å². The number of nitrogens with two attached hydrogens (primary N) is 1. The lowest BCUT2D eigenvalue weighted by Gasteiger charge is -2.33. The highest BCUT2D eigenvalue weighted by Crippen LogP contribution is 2.24. The van der Waals surface area contributed by atoms with Crippen molar-refractivity contribution >= 4 is 17.5 Å². The molecule has 1 aliphatic heterocycles. The first-order chi connectivity index (χ1) is 9.70. The minimum Gasteiger partial charge on any atom is -0.370 e. The third kappa shape index (κ3) is 4.20. The molecule has 0 saturated carbocycles. The summed E-state index contributed by atoms with van der Waals surface area (Å²) in [7, 11) is 0. The topological polar surface area (TPSA) is 55.6 Å². The first kappa shape index (κ1) is 15.3. The Hall–Kier alpha value is -1.10. The van der Waals surface area contributed by atoms with Gasteiger partial charge in [-0.1, -0.05) is 23.7 Å². The van der Waals surface area contributed by atoms with E-state index in [0.717, 1.165) is 18.4 Å². The Labute approximate surface area is 124 Å². The monoisotopic (exact) mass is 296 g/mol. The number of benzene rings is 1. The number of nitrogens with zero attached hydrogens (tertiary/aromatic N) is 1. The molecule has 1 aromatic rings. The average molecular weight is 297 g/mol. The van der Waals surface area contributed by atoms with Gasteiger partial charge in [0, 0.05) is 18.0 Å². The average Bonchev–Trinajstić information content (AvgIpc) is 2.48. The van der Waals surface area contributed by atoms with Gasteiger partial charge in [0.15, 0.2) is 0 Å². The molecule has 0 radical (unpaired) electrons. The number of ether oxygens (including phenoxy) is 1. The number of morpholine rings is 1. The number of unbranched alkanes of at least 4 members (excludes halogenated alkanes) is 1. The van der Waals surface area contributed by atoms with E-state index in [1.807, 2.05) is 29.2 Å². The summed E-state index contributed by atoms with van der Waals surface area (Å²) in [5.74, 6) is 0.195. The van der Waals surface area contributed by atoms with Crippen LogP contribution in [0.25, 0.3) is 0 Å². The molecule has 1 atom stereocenters. The highest BCUT2D eigenvalue weighted by Gasteiger charge is 2.24. The Morgan fingerprint density at radius 3 is 2.80 bits per heavy atom. The second-order valence-electron chi connectivity index (χ2n) is 5.00. The van der Waals surface area contributed by atoms with Crippen LogP contribution >= 0.6 is 11.6 Å². The molecule has 1 aromatic carbocycles. The quantitative estimate of drug-likeness (QED) is 0.849. The predicted octanol–water partition coefficient (Wildman–Crippen LogP) is 2.37. The molecule has 2 N–H and O–H groups in total. The lowest BCUT2D eigenvalue weighted by molar-refractivity contribution is -0.139. The van der Waals surface area contributed by atoms with E-state index < -0.39 is 0 Å². The zero-order valence-electron chi connectivity index (χ0n) is 11.6. The van der Waals surface area contributed by atoms with Crippen molar-refractivity contribution < 1.29 is 9.53 Å². The van der Waals surface area contributed by atoms with Gasteiger partial charge in [-0.3, -0.25) is 4.79 Å². The maximum absolute atomic E-state index is 12.1. The van der Waals surface area contributed by atoms with Crippen molar-refractivity contribution in [2.24, 2.45) is 5.73 Å². The molecule has 0 aliphatic carbocycles. The molecular formula is C15H21ClN2O2. The van der Waals surface area contributed by atoms with Gasteiger partial charge in [0.25, 0.3) is 0 Å². The summed E-state index contributed by atoms with van der Waals surface area (Å²) in [6.45, 7) is 2.51. The van der Waals surface area contributed by atoms with E-state index in [4.69, 9.17) is 22.1 Å². The molecule has 0 bridgehead atoms. The molecule has 1 saturated heterocycles. The summed E-state index contributed by atoms with van der Waals surface area (Å²) < 4.78 is 5.75. The fraction of sp³-hybridized carbons (Fsp3) is 0.533. The number of rotatable bonds is 5. The summed E-state index contributed by atoms with van der Waals surface area (Å²) in [6.07, 6.45) is 2.28. The third-order valence-corrected chi connectivity index (χ3v) is 3.76. The number of carbonyl (C=O) groups is 1. The fourth-order valence-electron chi connectivity index (χ4n) is 2.33. The molecule has 0 aromatic heterocycles. The summed E-state index contributed by atoms with van der Waals surface area (Å²) in [5.41, 5.74) is 6.51. The van der Waals surface area contributed by atoms with Crippen LogP contribution in [0.3, 0.4) is 0 Å². The van der Waals surface area contributed by atoms with Crippen molar-refractivity contribution in [3.63, 3.8) is 0 Å². The highest BCUT2D eigenvalue weighted by molar-refractivity contribution is 6.30. The second kappa shape index (κ2) is 7.62. The van der Waals surface area contributed by atoms with Crippen molar-refractivity contribution in [1.29, 1.82) is 0 Å². The van der Waals surface area contributed by atoms with Gasteiger partial charge in [-0.25, -0.2) is 0 Å². The van der Waals surface area contributed by atoms with Crippen molar-refractivity contribution in [2.75, 3.05) is 26.2 Å². The number of amides is 1. The minimum absolute atomic E-state index is 0.0560. The molecule has 2 rings (SSSR count). The van der Waals surface area contributed by atoms with Crippen LogP contribution in [0.5, 0.6) is 0 Å². The minimum atomic E-state index is -0.0560. The summed E-state index contributed by atoms with van der Waals surface area (Å²) in [6, 6.07) is 7.61. The van der Waals surface area contributed by atoms with Gasteiger partial charge in [0.1, 0.15) is 6.10 Å². The Bertz CT molecular complexity index is 436. The maximum Gasteiger partial charge on any atom is 0.222 e. The second-order valence-corrected chi connectivity index (χ2v) is 5.43. The van der Waals surface area contributed by atoms with Crippen molar-refractivity contribution in [3.05, 3.63) is 34.9 Å². The SMILES string of the molecule is NCCCCC(=O)N1CCO[C@@H](c2ccc(Cl)cc2)C1. The van der Waals surface area contributed by atoms with Gasteiger partial charge in [0.2, 0.25) is 5.91 Å². The van der Waals surface area contributed by atoms with Gasteiger partial charge in [0.05, 0.1) is 13.2 Å². The lowest BCUT2D eigenvalue weighted by Crippen LogP contribution is -2.42. The summed E-state index contributed by atoms with van der Waals surface area (Å²) >= 11 is 5.89. The van der Waals surface area contributed by atoms with Crippen molar-refractivity contribution in [3.8, 4) is 0 Å². The molecule has 110 valence electrons. The smallest absolute Gasteiger partial charge is 0.222 e. The van der Waals surface area contributed by atoms with Gasteiger partial charge < -0.3 is 15.4 Å². The molecule has 4 nitrogen and oxygen atoms in total. The van der Waals surface area contributed by atoms with E-state index in [-0.39, 0.29) is 12.0 Å². The molecule has 1 heterocycles. The Morgan fingerprint density at radius 1 is 1.35 bits per heavy atom. The molecule has 5 heteroatoms. The third-order valence-electron chi connectivity index (χ3n) is 3.51. The Morgan fingerprint density at radius 2 is 2.10 bits per heavy atom. The standard InChI is InChI=1S/C15H21ClN2O2/c16-13-6-4-12(5-7-13)14-11-18(9-10-20-14)15(19)3-1-2-8-17/h4-7,14H,1-3,8-11,17H2/t14-/m1/s1. The lowest BCUT2D eigenvalue weighted by atomic mass is 10.1. The van der Waals surface area contributed by atoms with Crippen LogP contribution in [0.15, 0.2) is 24.3 Å². The van der Waals surface area contributed by atoms with Crippen LogP contribution in [0.1, 0.15) is 30.9 Å². The van der Waals surface area contributed by atoms with Crippen LogP contribution in [-0.4, -0.2) is 37.0 Å². The van der Waals surface area contributed by atoms with E-state index in [0.29, 0.717) is 37.7 Å². The molecule has 0 spiro atoms. The van der Waals surface area contributed by atoms with Crippen molar-refractivity contribution in [2.45, 2.75) is 25.4 Å². The number of hydrogen-bond donors (Lipinski definition) is 1. The van der Waals surface area contributed by atoms with E-state index in [2.05, 4.69) is 0 Å².